The van der Waals surface area contributed by atoms with Crippen LogP contribution in [0, 0.1) is 15.9 Å². The maximum Gasteiger partial charge on any atom is 0.305 e. The summed E-state index contributed by atoms with van der Waals surface area (Å²) >= 11 is 1.59. The SMILES string of the molecule is O=C(NCCc1cccs1)c1ccc(F)c([N+](=O)[O-])c1. The minimum absolute atomic E-state index is 0.0734. The lowest BCUT2D eigenvalue weighted by molar-refractivity contribution is -0.387. The highest BCUT2D eigenvalue weighted by Gasteiger charge is 2.17. The molecule has 5 nitrogen and oxygen atoms in total. The molecule has 2 rings (SSSR count). The number of hydrogen-bond acceptors (Lipinski definition) is 4. The number of nitro groups is 1. The van der Waals surface area contributed by atoms with Crippen LogP contribution in [0.2, 0.25) is 0 Å². The monoisotopic (exact) mass is 294 g/mol. The van der Waals surface area contributed by atoms with E-state index in [1.807, 2.05) is 17.5 Å². The highest BCUT2D eigenvalue weighted by Crippen LogP contribution is 2.18. The Morgan fingerprint density at radius 2 is 2.20 bits per heavy atom. The van der Waals surface area contributed by atoms with Crippen molar-refractivity contribution >= 4 is 22.9 Å². The van der Waals surface area contributed by atoms with Crippen LogP contribution in [0.4, 0.5) is 10.1 Å². The minimum atomic E-state index is -0.954. The van der Waals surface area contributed by atoms with Crippen molar-refractivity contribution in [2.24, 2.45) is 0 Å². The Bertz CT molecular complexity index is 629. The van der Waals surface area contributed by atoms with Gasteiger partial charge in [-0.05, 0) is 30.0 Å². The zero-order chi connectivity index (χ0) is 14.5. The average molecular weight is 294 g/mol. The van der Waals surface area contributed by atoms with E-state index in [-0.39, 0.29) is 5.56 Å². The number of nitro benzene ring substituents is 1. The third kappa shape index (κ3) is 3.39. The lowest BCUT2D eigenvalue weighted by Gasteiger charge is -2.04. The van der Waals surface area contributed by atoms with E-state index in [4.69, 9.17) is 0 Å². The van der Waals surface area contributed by atoms with Crippen LogP contribution in [-0.2, 0) is 6.42 Å². The van der Waals surface area contributed by atoms with Crippen LogP contribution in [0.1, 0.15) is 15.2 Å². The normalized spacial score (nSPS) is 10.2. The number of carbonyl (C=O) groups is 1. The predicted octanol–water partition coefficient (Wildman–Crippen LogP) is 2.77. The number of amides is 1. The fourth-order valence-corrected chi connectivity index (χ4v) is 2.36. The molecule has 1 N–H and O–H groups in total. The quantitative estimate of drug-likeness (QED) is 0.680. The lowest BCUT2D eigenvalue weighted by atomic mass is 10.2. The van der Waals surface area contributed by atoms with Gasteiger partial charge < -0.3 is 5.32 Å². The standard InChI is InChI=1S/C13H11FN2O3S/c14-11-4-3-9(8-12(11)16(18)19)13(17)15-6-5-10-2-1-7-20-10/h1-4,7-8H,5-6H2,(H,15,17). The maximum atomic E-state index is 13.1. The summed E-state index contributed by atoms with van der Waals surface area (Å²) in [6, 6.07) is 6.97. The molecule has 1 aromatic carbocycles. The molecule has 0 bridgehead atoms. The summed E-state index contributed by atoms with van der Waals surface area (Å²) in [6.45, 7) is 0.421. The fraction of sp³-hybridized carbons (Fsp3) is 0.154. The molecule has 0 aliphatic carbocycles. The van der Waals surface area contributed by atoms with E-state index in [9.17, 15) is 19.3 Å². The molecule has 7 heteroatoms. The molecular weight excluding hydrogens is 283 g/mol. The van der Waals surface area contributed by atoms with Gasteiger partial charge in [-0.1, -0.05) is 6.07 Å². The number of benzene rings is 1. The Kier molecular flexibility index (Phi) is 4.41. The molecule has 0 aliphatic heterocycles. The van der Waals surface area contributed by atoms with E-state index in [2.05, 4.69) is 5.32 Å². The van der Waals surface area contributed by atoms with Crippen molar-refractivity contribution in [3.8, 4) is 0 Å². The molecule has 1 aromatic heterocycles. The van der Waals surface area contributed by atoms with Crippen molar-refractivity contribution in [1.82, 2.24) is 5.32 Å². The lowest BCUT2D eigenvalue weighted by Crippen LogP contribution is -2.25. The van der Waals surface area contributed by atoms with Crippen LogP contribution in [0.3, 0.4) is 0 Å². The van der Waals surface area contributed by atoms with Crippen LogP contribution >= 0.6 is 11.3 Å². The van der Waals surface area contributed by atoms with E-state index >= 15 is 0 Å². The van der Waals surface area contributed by atoms with Crippen LogP contribution in [-0.4, -0.2) is 17.4 Å². The molecule has 0 aliphatic rings. The number of thiophene rings is 1. The molecule has 0 saturated carbocycles. The molecule has 2 aromatic rings. The van der Waals surface area contributed by atoms with Crippen molar-refractivity contribution in [2.75, 3.05) is 6.54 Å². The second-order valence-electron chi connectivity index (χ2n) is 4.01. The second-order valence-corrected chi connectivity index (χ2v) is 5.04. The molecular formula is C13H11FN2O3S. The first-order valence-electron chi connectivity index (χ1n) is 5.82. The average Bonchev–Trinajstić information content (AvgIpc) is 2.92. The zero-order valence-electron chi connectivity index (χ0n) is 10.3. The number of carbonyl (C=O) groups excluding carboxylic acids is 1. The molecule has 0 unspecified atom stereocenters. The third-order valence-electron chi connectivity index (χ3n) is 2.64. The summed E-state index contributed by atoms with van der Waals surface area (Å²) in [6.07, 6.45) is 0.687. The molecule has 0 fully saturated rings. The van der Waals surface area contributed by atoms with Crippen molar-refractivity contribution in [1.29, 1.82) is 0 Å². The van der Waals surface area contributed by atoms with Gasteiger partial charge in [0.15, 0.2) is 0 Å². The first-order chi connectivity index (χ1) is 9.58. The summed E-state index contributed by atoms with van der Waals surface area (Å²) < 4.78 is 13.1. The molecule has 0 saturated heterocycles. The Balaban J connectivity index is 1.98. The maximum absolute atomic E-state index is 13.1. The van der Waals surface area contributed by atoms with Gasteiger partial charge in [0.05, 0.1) is 4.92 Å². The molecule has 1 heterocycles. The number of nitrogens with zero attached hydrogens (tertiary/aromatic N) is 1. The summed E-state index contributed by atoms with van der Waals surface area (Å²) in [5, 5.41) is 15.2. The van der Waals surface area contributed by atoms with Crippen LogP contribution in [0.25, 0.3) is 0 Å². The van der Waals surface area contributed by atoms with Gasteiger partial charge >= 0.3 is 5.69 Å². The molecule has 104 valence electrons. The second kappa shape index (κ2) is 6.25. The zero-order valence-corrected chi connectivity index (χ0v) is 11.2. The van der Waals surface area contributed by atoms with Gasteiger partial charge in [-0.3, -0.25) is 14.9 Å². The van der Waals surface area contributed by atoms with Gasteiger partial charge in [0.2, 0.25) is 5.82 Å². The number of rotatable bonds is 5. The molecule has 1 amide bonds. The fourth-order valence-electron chi connectivity index (χ4n) is 1.65. The van der Waals surface area contributed by atoms with Gasteiger partial charge in [0.25, 0.3) is 5.91 Å². The molecule has 0 atom stereocenters. The highest BCUT2D eigenvalue weighted by molar-refractivity contribution is 7.09. The van der Waals surface area contributed by atoms with Gasteiger partial charge in [-0.25, -0.2) is 0 Å². The van der Waals surface area contributed by atoms with Gasteiger partial charge in [0.1, 0.15) is 0 Å². The number of halogens is 1. The van der Waals surface area contributed by atoms with E-state index in [1.54, 1.807) is 11.3 Å². The Hall–Kier alpha value is -2.28. The molecule has 0 spiro atoms. The van der Waals surface area contributed by atoms with E-state index in [0.717, 1.165) is 17.0 Å². The largest absolute Gasteiger partial charge is 0.352 e. The predicted molar refractivity (Wildman–Crippen MR) is 73.4 cm³/mol. The van der Waals surface area contributed by atoms with E-state index in [1.165, 1.54) is 6.07 Å². The summed E-state index contributed by atoms with van der Waals surface area (Å²) in [5.41, 5.74) is -0.625. The van der Waals surface area contributed by atoms with Crippen LogP contribution in [0.15, 0.2) is 35.7 Å². The molecule has 20 heavy (non-hydrogen) atoms. The van der Waals surface area contributed by atoms with Crippen molar-refractivity contribution in [2.45, 2.75) is 6.42 Å². The van der Waals surface area contributed by atoms with Crippen LogP contribution in [0.5, 0.6) is 0 Å². The first kappa shape index (κ1) is 14.1. The van der Waals surface area contributed by atoms with Crippen molar-refractivity contribution in [3.63, 3.8) is 0 Å². The Morgan fingerprint density at radius 1 is 1.40 bits per heavy atom. The minimum Gasteiger partial charge on any atom is -0.352 e. The molecule has 0 radical (unpaired) electrons. The summed E-state index contributed by atoms with van der Waals surface area (Å²) in [7, 11) is 0. The summed E-state index contributed by atoms with van der Waals surface area (Å²) in [5.74, 6) is -1.41. The van der Waals surface area contributed by atoms with E-state index < -0.39 is 22.3 Å². The summed E-state index contributed by atoms with van der Waals surface area (Å²) in [4.78, 5) is 22.7. The number of hydrogen-bond donors (Lipinski definition) is 1. The highest BCUT2D eigenvalue weighted by atomic mass is 32.1. The Morgan fingerprint density at radius 3 is 2.85 bits per heavy atom. The van der Waals surface area contributed by atoms with Crippen LogP contribution < -0.4 is 5.32 Å². The topological polar surface area (TPSA) is 72.2 Å². The smallest absolute Gasteiger partial charge is 0.305 e. The van der Waals surface area contributed by atoms with Crippen molar-refractivity contribution in [3.05, 3.63) is 62.1 Å². The third-order valence-corrected chi connectivity index (χ3v) is 3.58. The van der Waals surface area contributed by atoms with Gasteiger partial charge in [-0.15, -0.1) is 11.3 Å². The van der Waals surface area contributed by atoms with Crippen molar-refractivity contribution < 1.29 is 14.1 Å². The van der Waals surface area contributed by atoms with Gasteiger partial charge in [0, 0.05) is 23.1 Å². The first-order valence-corrected chi connectivity index (χ1v) is 6.70. The van der Waals surface area contributed by atoms with Gasteiger partial charge in [-0.2, -0.15) is 4.39 Å². The van der Waals surface area contributed by atoms with E-state index in [0.29, 0.717) is 13.0 Å². The Labute approximate surface area is 118 Å². The number of nitrogens with one attached hydrogen (secondary N) is 1.